The van der Waals surface area contributed by atoms with Gasteiger partial charge in [0, 0.05) is 0 Å². The molecule has 2 unspecified atom stereocenters. The zero-order chi connectivity index (χ0) is 7.68. The van der Waals surface area contributed by atoms with E-state index >= 15 is 0 Å². The molecule has 2 aliphatic rings. The monoisotopic (exact) mass is 298 g/mol. The summed E-state index contributed by atoms with van der Waals surface area (Å²) in [6.45, 7) is 0. The van der Waals surface area contributed by atoms with E-state index in [1.54, 1.807) is 11.8 Å². The third-order valence-electron chi connectivity index (χ3n) is 2.51. The Morgan fingerprint density at radius 1 is 1.42 bits per heavy atom. The number of nitrogens with one attached hydrogen (secondary N) is 1. The van der Waals surface area contributed by atoms with Gasteiger partial charge in [0.1, 0.15) is 0 Å². The lowest BCUT2D eigenvalue weighted by molar-refractivity contribution is 0.385. The van der Waals surface area contributed by atoms with Crippen LogP contribution in [0.2, 0.25) is 0 Å². The number of hydrogen-bond donors (Lipinski definition) is 1. The Hall–Kier alpha value is 0.550. The van der Waals surface area contributed by atoms with Crippen molar-refractivity contribution < 1.29 is 0 Å². The second-order valence-corrected chi connectivity index (χ2v) is 4.04. The third-order valence-corrected chi connectivity index (χ3v) is 3.12. The van der Waals surface area contributed by atoms with E-state index in [2.05, 4.69) is 16.6 Å². The van der Waals surface area contributed by atoms with E-state index in [9.17, 15) is 0 Å². The molecule has 70 valence electrons. The number of nitrogens with zero attached hydrogens (tertiary/aromatic N) is 1. The van der Waals surface area contributed by atoms with Crippen LogP contribution in [0.4, 0.5) is 0 Å². The van der Waals surface area contributed by atoms with Crippen molar-refractivity contribution in [3.63, 3.8) is 0 Å². The predicted molar refractivity (Wildman–Crippen MR) is 65.5 cm³/mol. The average molecular weight is 298 g/mol. The fraction of sp³-hybridized carbons (Fsp3) is 0.875. The number of aliphatic imine (C=N–C) groups is 1. The number of rotatable bonds is 0. The smallest absolute Gasteiger partial charge is 0.156 e. The molecule has 2 rings (SSSR count). The number of halogens is 1. The minimum atomic E-state index is 0. The van der Waals surface area contributed by atoms with Crippen molar-refractivity contribution in [1.82, 2.24) is 5.32 Å². The highest BCUT2D eigenvalue weighted by Gasteiger charge is 2.29. The first-order chi connectivity index (χ1) is 5.40. The Balaban J connectivity index is 0.000000720. The summed E-state index contributed by atoms with van der Waals surface area (Å²) in [6, 6.07) is 1.28. The molecule has 0 bridgehead atoms. The molecule has 2 nitrogen and oxygen atoms in total. The van der Waals surface area contributed by atoms with Gasteiger partial charge in [-0.15, -0.1) is 24.0 Å². The summed E-state index contributed by atoms with van der Waals surface area (Å²) in [5, 5.41) is 4.61. The topological polar surface area (TPSA) is 24.4 Å². The van der Waals surface area contributed by atoms with Gasteiger partial charge in [0.15, 0.2) is 5.17 Å². The lowest BCUT2D eigenvalue weighted by Crippen LogP contribution is -2.35. The maximum absolute atomic E-state index is 4.60. The summed E-state index contributed by atoms with van der Waals surface area (Å²) in [6.07, 6.45) is 7.45. The van der Waals surface area contributed by atoms with Gasteiger partial charge in [0.2, 0.25) is 0 Å². The van der Waals surface area contributed by atoms with Crippen LogP contribution in [0, 0.1) is 0 Å². The van der Waals surface area contributed by atoms with Gasteiger partial charge in [-0.1, -0.05) is 24.6 Å². The van der Waals surface area contributed by atoms with Crippen molar-refractivity contribution in [1.29, 1.82) is 0 Å². The highest BCUT2D eigenvalue weighted by Crippen LogP contribution is 2.26. The van der Waals surface area contributed by atoms with Crippen LogP contribution in [0.5, 0.6) is 0 Å². The zero-order valence-corrected chi connectivity index (χ0v) is 10.4. The zero-order valence-electron chi connectivity index (χ0n) is 7.25. The molecule has 2 atom stereocenters. The molecule has 0 spiro atoms. The van der Waals surface area contributed by atoms with E-state index < -0.39 is 0 Å². The number of hydrogen-bond acceptors (Lipinski definition) is 3. The summed E-state index contributed by atoms with van der Waals surface area (Å²) >= 11 is 1.74. The maximum atomic E-state index is 4.60. The first-order valence-corrected chi connectivity index (χ1v) is 5.51. The summed E-state index contributed by atoms with van der Waals surface area (Å²) in [7, 11) is 0. The van der Waals surface area contributed by atoms with Crippen LogP contribution in [0.1, 0.15) is 25.7 Å². The van der Waals surface area contributed by atoms with Crippen molar-refractivity contribution in [3.05, 3.63) is 0 Å². The standard InChI is InChI=1S/C8H14N2S.HI/c1-11-8-9-6-4-2-3-5-7(6)10-8;/h6-7H,2-5H2,1H3,(H,9,10);1H. The Morgan fingerprint density at radius 2 is 2.17 bits per heavy atom. The second kappa shape index (κ2) is 4.69. The summed E-state index contributed by atoms with van der Waals surface area (Å²) < 4.78 is 0. The molecular formula is C8H15IN2S. The van der Waals surface area contributed by atoms with E-state index in [0.717, 1.165) is 5.17 Å². The molecule has 0 aromatic carbocycles. The van der Waals surface area contributed by atoms with Crippen LogP contribution >= 0.6 is 35.7 Å². The van der Waals surface area contributed by atoms with E-state index in [4.69, 9.17) is 0 Å². The number of fused-ring (bicyclic) bond motifs is 1. The van der Waals surface area contributed by atoms with Gasteiger partial charge < -0.3 is 5.32 Å². The Kier molecular flexibility index (Phi) is 4.16. The molecule has 0 aromatic rings. The van der Waals surface area contributed by atoms with E-state index in [0.29, 0.717) is 12.1 Å². The molecule has 1 N–H and O–H groups in total. The molecule has 0 saturated heterocycles. The molecular weight excluding hydrogens is 283 g/mol. The summed E-state index contributed by atoms with van der Waals surface area (Å²) in [5.74, 6) is 0. The molecule has 0 aromatic heterocycles. The van der Waals surface area contributed by atoms with Crippen LogP contribution in [-0.2, 0) is 0 Å². The highest BCUT2D eigenvalue weighted by atomic mass is 127. The average Bonchev–Trinajstić information content (AvgIpc) is 2.46. The largest absolute Gasteiger partial charge is 0.360 e. The molecule has 1 heterocycles. The molecule has 0 radical (unpaired) electrons. The molecule has 12 heavy (non-hydrogen) atoms. The normalized spacial score (nSPS) is 32.9. The molecule has 0 amide bonds. The summed E-state index contributed by atoms with van der Waals surface area (Å²) in [5.41, 5.74) is 0. The van der Waals surface area contributed by atoms with E-state index in [-0.39, 0.29) is 24.0 Å². The first kappa shape index (κ1) is 10.6. The second-order valence-electron chi connectivity index (χ2n) is 3.24. The highest BCUT2D eigenvalue weighted by molar-refractivity contribution is 14.0. The predicted octanol–water partition coefficient (Wildman–Crippen LogP) is 2.24. The Bertz CT molecular complexity index is 184. The Morgan fingerprint density at radius 3 is 2.83 bits per heavy atom. The molecule has 1 aliphatic carbocycles. The van der Waals surface area contributed by atoms with Crippen LogP contribution < -0.4 is 5.32 Å². The van der Waals surface area contributed by atoms with Gasteiger partial charge in [0.25, 0.3) is 0 Å². The van der Waals surface area contributed by atoms with Gasteiger partial charge in [-0.2, -0.15) is 0 Å². The van der Waals surface area contributed by atoms with Crippen molar-refractivity contribution >= 4 is 40.9 Å². The number of amidine groups is 1. The molecule has 1 aliphatic heterocycles. The van der Waals surface area contributed by atoms with Crippen LogP contribution in [0.15, 0.2) is 4.99 Å². The van der Waals surface area contributed by atoms with Crippen molar-refractivity contribution in [2.45, 2.75) is 37.8 Å². The van der Waals surface area contributed by atoms with Crippen molar-refractivity contribution in [2.75, 3.05) is 6.26 Å². The van der Waals surface area contributed by atoms with E-state index in [1.807, 2.05) is 0 Å². The lowest BCUT2D eigenvalue weighted by Gasteiger charge is -2.22. The molecule has 1 saturated carbocycles. The SMILES string of the molecule is CSC1=NC2CCCCC2N1.I. The maximum Gasteiger partial charge on any atom is 0.156 e. The first-order valence-electron chi connectivity index (χ1n) is 4.28. The van der Waals surface area contributed by atoms with Gasteiger partial charge in [-0.25, -0.2) is 0 Å². The van der Waals surface area contributed by atoms with Gasteiger partial charge in [0.05, 0.1) is 12.1 Å². The third kappa shape index (κ3) is 2.07. The van der Waals surface area contributed by atoms with Gasteiger partial charge in [-0.3, -0.25) is 4.99 Å². The molecule has 1 fully saturated rings. The fourth-order valence-corrected chi connectivity index (χ4v) is 2.40. The number of thioether (sulfide) groups is 1. The minimum absolute atomic E-state index is 0. The minimum Gasteiger partial charge on any atom is -0.360 e. The van der Waals surface area contributed by atoms with Crippen LogP contribution in [0.3, 0.4) is 0 Å². The Labute approximate surface area is 95.0 Å². The van der Waals surface area contributed by atoms with E-state index in [1.165, 1.54) is 25.7 Å². The van der Waals surface area contributed by atoms with Crippen molar-refractivity contribution in [2.24, 2.45) is 4.99 Å². The summed E-state index contributed by atoms with van der Waals surface area (Å²) in [4.78, 5) is 4.60. The van der Waals surface area contributed by atoms with Crippen LogP contribution in [0.25, 0.3) is 0 Å². The van der Waals surface area contributed by atoms with Gasteiger partial charge >= 0.3 is 0 Å². The fourth-order valence-electron chi connectivity index (χ4n) is 1.89. The van der Waals surface area contributed by atoms with Crippen molar-refractivity contribution in [3.8, 4) is 0 Å². The lowest BCUT2D eigenvalue weighted by atomic mass is 9.92. The van der Waals surface area contributed by atoms with Crippen LogP contribution in [-0.4, -0.2) is 23.5 Å². The quantitative estimate of drug-likeness (QED) is 0.694. The molecule has 4 heteroatoms. The van der Waals surface area contributed by atoms with Gasteiger partial charge in [-0.05, 0) is 19.1 Å².